The second-order valence-electron chi connectivity index (χ2n) is 6.40. The van der Waals surface area contributed by atoms with Crippen LogP contribution in [0.15, 0.2) is 30.3 Å². The van der Waals surface area contributed by atoms with Crippen molar-refractivity contribution in [3.05, 3.63) is 35.9 Å². The van der Waals surface area contributed by atoms with Gasteiger partial charge < -0.3 is 5.32 Å². The molecule has 0 bridgehead atoms. The number of hydrogen-bond donors (Lipinski definition) is 1. The second kappa shape index (κ2) is 7.37. The Balaban J connectivity index is 1.55. The van der Waals surface area contributed by atoms with Crippen LogP contribution in [-0.2, 0) is 6.54 Å². The molecule has 0 radical (unpaired) electrons. The molecule has 21 heavy (non-hydrogen) atoms. The summed E-state index contributed by atoms with van der Waals surface area (Å²) in [5.41, 5.74) is 1.31. The van der Waals surface area contributed by atoms with Crippen LogP contribution < -0.4 is 5.32 Å². The van der Waals surface area contributed by atoms with Crippen molar-refractivity contribution in [2.45, 2.75) is 51.1 Å². The SMILES string of the molecule is S=C(NCc1ccccc1)[C@@H]1CCC[C@@H]1N1CCCCC1. The minimum absolute atomic E-state index is 0.571. The summed E-state index contributed by atoms with van der Waals surface area (Å²) in [7, 11) is 0. The van der Waals surface area contributed by atoms with E-state index in [1.165, 1.54) is 57.2 Å². The number of nitrogens with zero attached hydrogens (tertiary/aromatic N) is 1. The van der Waals surface area contributed by atoms with E-state index in [1.807, 2.05) is 0 Å². The Labute approximate surface area is 133 Å². The number of thiocarbonyl (C=S) groups is 1. The lowest BCUT2D eigenvalue weighted by molar-refractivity contribution is 0.151. The number of rotatable bonds is 4. The van der Waals surface area contributed by atoms with Crippen LogP contribution in [0.3, 0.4) is 0 Å². The highest BCUT2D eigenvalue weighted by Gasteiger charge is 2.34. The van der Waals surface area contributed by atoms with Crippen LogP contribution in [0.2, 0.25) is 0 Å². The fourth-order valence-electron chi connectivity index (χ4n) is 3.85. The first kappa shape index (κ1) is 15.0. The Morgan fingerprint density at radius 1 is 1.05 bits per heavy atom. The van der Waals surface area contributed by atoms with Crippen molar-refractivity contribution in [1.29, 1.82) is 0 Å². The molecule has 3 heteroatoms. The molecule has 3 rings (SSSR count). The van der Waals surface area contributed by atoms with Gasteiger partial charge in [-0.3, -0.25) is 4.90 Å². The molecule has 0 amide bonds. The van der Waals surface area contributed by atoms with Crippen molar-refractivity contribution in [2.24, 2.45) is 5.92 Å². The molecule has 1 saturated heterocycles. The van der Waals surface area contributed by atoms with E-state index in [0.717, 1.165) is 11.5 Å². The average Bonchev–Trinajstić information content (AvgIpc) is 3.04. The third-order valence-corrected chi connectivity index (χ3v) is 5.43. The molecular formula is C18H26N2S. The molecule has 2 nitrogen and oxygen atoms in total. The highest BCUT2D eigenvalue weighted by atomic mass is 32.1. The summed E-state index contributed by atoms with van der Waals surface area (Å²) in [6.07, 6.45) is 8.07. The van der Waals surface area contributed by atoms with E-state index >= 15 is 0 Å². The maximum Gasteiger partial charge on any atom is 0.0803 e. The van der Waals surface area contributed by atoms with Crippen molar-refractivity contribution >= 4 is 17.2 Å². The molecule has 1 aliphatic heterocycles. The summed E-state index contributed by atoms with van der Waals surface area (Å²) < 4.78 is 0. The third-order valence-electron chi connectivity index (χ3n) is 4.99. The van der Waals surface area contributed by atoms with E-state index in [0.29, 0.717) is 12.0 Å². The summed E-state index contributed by atoms with van der Waals surface area (Å²) in [5.74, 6) is 0.571. The van der Waals surface area contributed by atoms with Gasteiger partial charge in [0.25, 0.3) is 0 Å². The van der Waals surface area contributed by atoms with Gasteiger partial charge in [0.15, 0.2) is 0 Å². The first-order chi connectivity index (χ1) is 10.3. The summed E-state index contributed by atoms with van der Waals surface area (Å²) in [5, 5.41) is 3.51. The second-order valence-corrected chi connectivity index (χ2v) is 6.84. The Bertz CT molecular complexity index is 454. The largest absolute Gasteiger partial charge is 0.375 e. The number of benzene rings is 1. The van der Waals surface area contributed by atoms with E-state index in [-0.39, 0.29) is 0 Å². The van der Waals surface area contributed by atoms with Gasteiger partial charge in [0, 0.05) is 18.5 Å². The minimum atomic E-state index is 0.571. The monoisotopic (exact) mass is 302 g/mol. The first-order valence-corrected chi connectivity index (χ1v) is 8.81. The van der Waals surface area contributed by atoms with Crippen LogP contribution in [0.5, 0.6) is 0 Å². The Morgan fingerprint density at radius 2 is 1.81 bits per heavy atom. The molecule has 2 fully saturated rings. The quantitative estimate of drug-likeness (QED) is 0.853. The first-order valence-electron chi connectivity index (χ1n) is 8.40. The van der Waals surface area contributed by atoms with Crippen molar-refractivity contribution in [3.8, 4) is 0 Å². The van der Waals surface area contributed by atoms with Crippen LogP contribution in [0.1, 0.15) is 44.1 Å². The number of piperidine rings is 1. The Hall–Kier alpha value is -0.930. The topological polar surface area (TPSA) is 15.3 Å². The summed E-state index contributed by atoms with van der Waals surface area (Å²) in [6.45, 7) is 3.42. The van der Waals surface area contributed by atoms with Crippen LogP contribution in [0.4, 0.5) is 0 Å². The van der Waals surface area contributed by atoms with Crippen molar-refractivity contribution in [2.75, 3.05) is 13.1 Å². The summed E-state index contributed by atoms with van der Waals surface area (Å²) in [6, 6.07) is 11.3. The van der Waals surface area contributed by atoms with Gasteiger partial charge >= 0.3 is 0 Å². The lowest BCUT2D eigenvalue weighted by Gasteiger charge is -2.36. The highest BCUT2D eigenvalue weighted by Crippen LogP contribution is 2.32. The van der Waals surface area contributed by atoms with E-state index < -0.39 is 0 Å². The van der Waals surface area contributed by atoms with Crippen molar-refractivity contribution in [1.82, 2.24) is 10.2 Å². The standard InChI is InChI=1S/C18H26N2S/c21-18(19-14-15-8-3-1-4-9-15)16-10-7-11-17(16)20-12-5-2-6-13-20/h1,3-4,8-9,16-17H,2,5-7,10-14H2,(H,19,21)/t16-,17+/m1/s1. The zero-order valence-electron chi connectivity index (χ0n) is 12.8. The Morgan fingerprint density at radius 3 is 2.57 bits per heavy atom. The van der Waals surface area contributed by atoms with E-state index in [9.17, 15) is 0 Å². The molecule has 2 atom stereocenters. The van der Waals surface area contributed by atoms with E-state index in [4.69, 9.17) is 12.2 Å². The Kier molecular flexibility index (Phi) is 5.26. The maximum absolute atomic E-state index is 5.72. The van der Waals surface area contributed by atoms with Gasteiger partial charge in [-0.25, -0.2) is 0 Å². The molecule has 1 N–H and O–H groups in total. The van der Waals surface area contributed by atoms with Crippen LogP contribution in [-0.4, -0.2) is 29.0 Å². The number of hydrogen-bond acceptors (Lipinski definition) is 2. The van der Waals surface area contributed by atoms with Gasteiger partial charge in [0.1, 0.15) is 0 Å². The lowest BCUT2D eigenvalue weighted by atomic mass is 9.99. The van der Waals surface area contributed by atoms with Gasteiger partial charge in [-0.15, -0.1) is 0 Å². The van der Waals surface area contributed by atoms with E-state index in [2.05, 4.69) is 40.5 Å². The highest BCUT2D eigenvalue weighted by molar-refractivity contribution is 7.80. The molecule has 1 heterocycles. The smallest absolute Gasteiger partial charge is 0.0803 e. The van der Waals surface area contributed by atoms with Gasteiger partial charge in [-0.1, -0.05) is 55.4 Å². The van der Waals surface area contributed by atoms with Crippen molar-refractivity contribution < 1.29 is 0 Å². The van der Waals surface area contributed by atoms with Crippen LogP contribution in [0, 0.1) is 5.92 Å². The molecule has 1 aromatic rings. The predicted octanol–water partition coefficient (Wildman–Crippen LogP) is 3.76. The predicted molar refractivity (Wildman–Crippen MR) is 92.4 cm³/mol. The van der Waals surface area contributed by atoms with Gasteiger partial charge in [0.05, 0.1) is 4.99 Å². The number of likely N-dealkylation sites (tertiary alicyclic amines) is 1. The van der Waals surface area contributed by atoms with Crippen LogP contribution in [0.25, 0.3) is 0 Å². The van der Waals surface area contributed by atoms with Gasteiger partial charge in [-0.2, -0.15) is 0 Å². The van der Waals surface area contributed by atoms with Crippen LogP contribution >= 0.6 is 12.2 Å². The molecule has 2 aliphatic rings. The summed E-state index contributed by atoms with van der Waals surface area (Å²) >= 11 is 5.72. The molecule has 0 spiro atoms. The van der Waals surface area contributed by atoms with E-state index in [1.54, 1.807) is 0 Å². The molecule has 1 saturated carbocycles. The summed E-state index contributed by atoms with van der Waals surface area (Å²) in [4.78, 5) is 3.80. The zero-order valence-corrected chi connectivity index (χ0v) is 13.6. The fourth-order valence-corrected chi connectivity index (χ4v) is 4.20. The average molecular weight is 302 g/mol. The molecule has 0 unspecified atom stereocenters. The van der Waals surface area contributed by atoms with Crippen molar-refractivity contribution in [3.63, 3.8) is 0 Å². The number of nitrogens with one attached hydrogen (secondary N) is 1. The van der Waals surface area contributed by atoms with Gasteiger partial charge in [0.2, 0.25) is 0 Å². The third kappa shape index (κ3) is 3.83. The lowest BCUT2D eigenvalue weighted by Crippen LogP contribution is -2.45. The fraction of sp³-hybridized carbons (Fsp3) is 0.611. The molecule has 1 aliphatic carbocycles. The normalized spacial score (nSPS) is 26.7. The molecule has 1 aromatic carbocycles. The van der Waals surface area contributed by atoms with Gasteiger partial charge in [-0.05, 0) is 44.3 Å². The zero-order chi connectivity index (χ0) is 14.5. The minimum Gasteiger partial charge on any atom is -0.375 e. The molecule has 114 valence electrons. The molecular weight excluding hydrogens is 276 g/mol. The molecule has 0 aromatic heterocycles. The maximum atomic E-state index is 5.72.